The van der Waals surface area contributed by atoms with Gasteiger partial charge in [-0.3, -0.25) is 0 Å². The first-order valence-electron chi connectivity index (χ1n) is 9.04. The molecule has 2 aromatic rings. The van der Waals surface area contributed by atoms with E-state index in [1.807, 2.05) is 6.07 Å². The van der Waals surface area contributed by atoms with Crippen LogP contribution >= 0.6 is 0 Å². The number of guanidine groups is 1. The van der Waals surface area contributed by atoms with Crippen molar-refractivity contribution in [3.63, 3.8) is 0 Å². The largest absolute Gasteiger partial charge is 0.492 e. The third-order valence-corrected chi connectivity index (χ3v) is 5.74. The summed E-state index contributed by atoms with van der Waals surface area (Å²) in [7, 11) is -4.18. The number of ether oxygens (including phenoxy) is 1. The van der Waals surface area contributed by atoms with Crippen molar-refractivity contribution in [3.8, 4) is 17.6 Å². The molecular formula is C20H21N5O4S. The van der Waals surface area contributed by atoms with Crippen LogP contribution in [0.25, 0.3) is 0 Å². The minimum Gasteiger partial charge on any atom is -0.492 e. The zero-order chi connectivity index (χ0) is 21.8. The Morgan fingerprint density at radius 1 is 1.23 bits per heavy atom. The van der Waals surface area contributed by atoms with Crippen LogP contribution < -0.4 is 20.4 Å². The van der Waals surface area contributed by atoms with Crippen molar-refractivity contribution in [2.45, 2.75) is 24.7 Å². The SMILES string of the molecule is Cc1cc(OCC2(/C=N/N=C(N)N)CC2)cc(OS(=O)(=O)c2ccccc2C#N)c1. The van der Waals surface area contributed by atoms with Gasteiger partial charge in [-0.05, 0) is 49.6 Å². The lowest BCUT2D eigenvalue weighted by Gasteiger charge is -2.14. The molecule has 0 saturated heterocycles. The fourth-order valence-corrected chi connectivity index (χ4v) is 3.78. The van der Waals surface area contributed by atoms with Gasteiger partial charge >= 0.3 is 10.1 Å². The third kappa shape index (κ3) is 5.27. The summed E-state index contributed by atoms with van der Waals surface area (Å²) in [5, 5.41) is 16.6. The Bertz CT molecular complexity index is 1140. The van der Waals surface area contributed by atoms with Crippen LogP contribution in [0.2, 0.25) is 0 Å². The molecule has 4 N–H and O–H groups in total. The van der Waals surface area contributed by atoms with E-state index < -0.39 is 10.1 Å². The van der Waals surface area contributed by atoms with Crippen LogP contribution in [-0.4, -0.2) is 27.2 Å². The summed E-state index contributed by atoms with van der Waals surface area (Å²) in [6.07, 6.45) is 3.42. The molecule has 10 heteroatoms. The topological polar surface area (TPSA) is 153 Å². The van der Waals surface area contributed by atoms with E-state index in [0.29, 0.717) is 12.4 Å². The molecule has 0 spiro atoms. The van der Waals surface area contributed by atoms with Crippen molar-refractivity contribution in [2.75, 3.05) is 6.61 Å². The summed E-state index contributed by atoms with van der Waals surface area (Å²) in [5.41, 5.74) is 11.0. The highest BCUT2D eigenvalue weighted by Crippen LogP contribution is 2.44. The lowest BCUT2D eigenvalue weighted by atomic mass is 10.1. The van der Waals surface area contributed by atoms with Gasteiger partial charge in [-0.15, -0.1) is 5.10 Å². The highest BCUT2D eigenvalue weighted by atomic mass is 32.2. The van der Waals surface area contributed by atoms with Crippen molar-refractivity contribution in [2.24, 2.45) is 27.1 Å². The second kappa shape index (κ2) is 8.42. The van der Waals surface area contributed by atoms with Gasteiger partial charge in [0.1, 0.15) is 22.5 Å². The van der Waals surface area contributed by atoms with Crippen LogP contribution in [-0.2, 0) is 10.1 Å². The lowest BCUT2D eigenvalue weighted by Crippen LogP contribution is -2.22. The molecule has 0 aliphatic heterocycles. The van der Waals surface area contributed by atoms with E-state index in [1.165, 1.54) is 24.3 Å². The van der Waals surface area contributed by atoms with E-state index in [-0.39, 0.29) is 27.6 Å². The highest BCUT2D eigenvalue weighted by molar-refractivity contribution is 7.87. The van der Waals surface area contributed by atoms with Crippen LogP contribution in [0, 0.1) is 23.7 Å². The van der Waals surface area contributed by atoms with Gasteiger partial charge in [0.15, 0.2) is 0 Å². The van der Waals surface area contributed by atoms with Gasteiger partial charge < -0.3 is 20.4 Å². The maximum Gasteiger partial charge on any atom is 0.340 e. The first-order chi connectivity index (χ1) is 14.2. The average molecular weight is 427 g/mol. The van der Waals surface area contributed by atoms with Crippen LogP contribution in [0.4, 0.5) is 0 Å². The van der Waals surface area contributed by atoms with Crippen LogP contribution in [0.5, 0.6) is 11.5 Å². The zero-order valence-corrected chi connectivity index (χ0v) is 17.1. The number of hydrogen-bond donors (Lipinski definition) is 2. The molecule has 3 rings (SSSR count). The molecule has 1 saturated carbocycles. The Kier molecular flexibility index (Phi) is 5.94. The molecule has 1 aliphatic rings. The van der Waals surface area contributed by atoms with Gasteiger partial charge in [-0.25, -0.2) is 0 Å². The standard InChI is InChI=1S/C20H21N5O4S/c1-14-8-16(28-13-20(6-7-20)12-24-25-19(22)23)10-17(9-14)29-30(26,27)18-5-3-2-4-15(18)11-21/h2-5,8-10,12H,6-7,13H2,1H3,(H4,22,23,25)/b24-12+. The zero-order valence-electron chi connectivity index (χ0n) is 16.3. The second-order valence-corrected chi connectivity index (χ2v) is 8.56. The van der Waals surface area contributed by atoms with Crippen molar-refractivity contribution in [1.82, 2.24) is 0 Å². The first kappa shape index (κ1) is 21.1. The molecule has 0 heterocycles. The van der Waals surface area contributed by atoms with Gasteiger partial charge in [0.2, 0.25) is 5.96 Å². The molecule has 1 aliphatic carbocycles. The van der Waals surface area contributed by atoms with Crippen LogP contribution in [0.15, 0.2) is 57.6 Å². The normalized spacial score (nSPS) is 14.7. The van der Waals surface area contributed by atoms with Crippen molar-refractivity contribution >= 4 is 22.3 Å². The summed E-state index contributed by atoms with van der Waals surface area (Å²) < 4.78 is 36.4. The molecule has 0 aromatic heterocycles. The maximum absolute atomic E-state index is 12.6. The first-order valence-corrected chi connectivity index (χ1v) is 10.5. The van der Waals surface area contributed by atoms with Crippen LogP contribution in [0.1, 0.15) is 24.0 Å². The van der Waals surface area contributed by atoms with E-state index in [2.05, 4.69) is 10.2 Å². The Hall–Kier alpha value is -3.58. The molecule has 0 unspecified atom stereocenters. The number of benzene rings is 2. The Morgan fingerprint density at radius 2 is 1.93 bits per heavy atom. The van der Waals surface area contributed by atoms with Crippen molar-refractivity contribution in [3.05, 3.63) is 53.6 Å². The molecule has 0 bridgehead atoms. The molecule has 0 radical (unpaired) electrons. The number of nitrogens with zero attached hydrogens (tertiary/aromatic N) is 3. The molecule has 30 heavy (non-hydrogen) atoms. The average Bonchev–Trinajstić information content (AvgIpc) is 3.45. The van der Waals surface area contributed by atoms with Gasteiger partial charge in [-0.1, -0.05) is 12.1 Å². The van der Waals surface area contributed by atoms with E-state index >= 15 is 0 Å². The number of aryl methyl sites for hydroxylation is 1. The van der Waals surface area contributed by atoms with Crippen molar-refractivity contribution in [1.29, 1.82) is 5.26 Å². The fourth-order valence-electron chi connectivity index (χ4n) is 2.71. The molecule has 9 nitrogen and oxygen atoms in total. The number of rotatable bonds is 8. The van der Waals surface area contributed by atoms with E-state index in [4.69, 9.17) is 25.6 Å². The van der Waals surface area contributed by atoms with Gasteiger partial charge in [0, 0.05) is 17.7 Å². The summed E-state index contributed by atoms with van der Waals surface area (Å²) in [6, 6.07) is 12.5. The number of nitrogens with two attached hydrogens (primary N) is 2. The molecule has 0 atom stereocenters. The smallest absolute Gasteiger partial charge is 0.340 e. The quantitative estimate of drug-likeness (QED) is 0.283. The number of nitriles is 1. The second-order valence-electron chi connectivity index (χ2n) is 7.05. The molecule has 1 fully saturated rings. The van der Waals surface area contributed by atoms with Gasteiger partial charge in [0.25, 0.3) is 0 Å². The molecule has 156 valence electrons. The highest BCUT2D eigenvalue weighted by Gasteiger charge is 2.42. The van der Waals surface area contributed by atoms with Gasteiger partial charge in [-0.2, -0.15) is 18.8 Å². The predicted octanol–water partition coefficient (Wildman–Crippen LogP) is 2.05. The maximum atomic E-state index is 12.6. The summed E-state index contributed by atoms with van der Waals surface area (Å²) in [5.74, 6) is 0.426. The third-order valence-electron chi connectivity index (χ3n) is 4.43. The molecular weight excluding hydrogens is 406 g/mol. The Labute approximate surface area is 174 Å². The monoisotopic (exact) mass is 427 g/mol. The summed E-state index contributed by atoms with van der Waals surface area (Å²) >= 11 is 0. The fraction of sp³-hybridized carbons (Fsp3) is 0.250. The molecule has 0 amide bonds. The number of hydrogen-bond acceptors (Lipinski definition) is 7. The Morgan fingerprint density at radius 3 is 2.60 bits per heavy atom. The minimum absolute atomic E-state index is 0.0114. The summed E-state index contributed by atoms with van der Waals surface area (Å²) in [6.45, 7) is 2.13. The van der Waals surface area contributed by atoms with E-state index in [1.54, 1.807) is 31.3 Å². The van der Waals surface area contributed by atoms with E-state index in [0.717, 1.165) is 18.4 Å². The summed E-state index contributed by atoms with van der Waals surface area (Å²) in [4.78, 5) is -0.190. The van der Waals surface area contributed by atoms with E-state index in [9.17, 15) is 8.42 Å². The minimum atomic E-state index is -4.18. The Balaban J connectivity index is 1.75. The lowest BCUT2D eigenvalue weighted by molar-refractivity contribution is 0.276. The van der Waals surface area contributed by atoms with Crippen molar-refractivity contribution < 1.29 is 17.3 Å². The molecule has 2 aromatic carbocycles. The van der Waals surface area contributed by atoms with Gasteiger partial charge in [0.05, 0.1) is 12.2 Å². The van der Waals surface area contributed by atoms with Crippen LogP contribution in [0.3, 0.4) is 0 Å². The predicted molar refractivity (Wildman–Crippen MR) is 112 cm³/mol.